The van der Waals surface area contributed by atoms with Crippen LogP contribution in [0, 0.1) is 6.92 Å². The summed E-state index contributed by atoms with van der Waals surface area (Å²) in [7, 11) is 0. The number of ketones is 1. The van der Waals surface area contributed by atoms with Crippen molar-refractivity contribution in [1.82, 2.24) is 0 Å². The molecule has 0 aromatic heterocycles. The molecular formula is C18H19NO2. The summed E-state index contributed by atoms with van der Waals surface area (Å²) in [5.41, 5.74) is 3.16. The van der Waals surface area contributed by atoms with Gasteiger partial charge in [0.1, 0.15) is 0 Å². The molecule has 1 amide bonds. The summed E-state index contributed by atoms with van der Waals surface area (Å²) in [4.78, 5) is 24.2. The molecule has 2 aromatic carbocycles. The molecule has 108 valence electrons. The fraction of sp³-hybridized carbons (Fsp3) is 0.222. The van der Waals surface area contributed by atoms with Gasteiger partial charge in [0.25, 0.3) is 11.7 Å². The third-order valence-electron chi connectivity index (χ3n) is 3.35. The first kappa shape index (κ1) is 15.0. The molecule has 2 aromatic rings. The highest BCUT2D eigenvalue weighted by Crippen LogP contribution is 2.23. The molecule has 0 saturated carbocycles. The van der Waals surface area contributed by atoms with Crippen LogP contribution in [0.15, 0.2) is 48.5 Å². The van der Waals surface area contributed by atoms with Crippen molar-refractivity contribution in [2.24, 2.45) is 0 Å². The van der Waals surface area contributed by atoms with Crippen molar-refractivity contribution in [3.63, 3.8) is 0 Å². The van der Waals surface area contributed by atoms with Crippen molar-refractivity contribution in [2.75, 3.05) is 5.32 Å². The first-order valence-corrected chi connectivity index (χ1v) is 7.00. The molecule has 0 aliphatic heterocycles. The standard InChI is InChI=1S/C18H19NO2/c1-12(2)15-6-4-5-7-16(15)19-18(21)17(20)14-10-8-13(3)9-11-14/h4-12H,1-3H3,(H,19,21). The van der Waals surface area contributed by atoms with Gasteiger partial charge < -0.3 is 5.32 Å². The lowest BCUT2D eigenvalue weighted by Gasteiger charge is -2.13. The third kappa shape index (κ3) is 3.57. The highest BCUT2D eigenvalue weighted by atomic mass is 16.2. The first-order chi connectivity index (χ1) is 9.99. The maximum Gasteiger partial charge on any atom is 0.296 e. The quantitative estimate of drug-likeness (QED) is 0.681. The molecule has 0 aliphatic carbocycles. The molecule has 0 saturated heterocycles. The molecule has 0 bridgehead atoms. The summed E-state index contributed by atoms with van der Waals surface area (Å²) >= 11 is 0. The number of rotatable bonds is 4. The fourth-order valence-electron chi connectivity index (χ4n) is 2.13. The molecule has 0 spiro atoms. The number of benzene rings is 2. The second kappa shape index (κ2) is 6.35. The van der Waals surface area contributed by atoms with Gasteiger partial charge in [-0.05, 0) is 24.5 Å². The van der Waals surface area contributed by atoms with Gasteiger partial charge in [-0.15, -0.1) is 0 Å². The molecule has 3 nitrogen and oxygen atoms in total. The smallest absolute Gasteiger partial charge is 0.296 e. The average molecular weight is 281 g/mol. The zero-order chi connectivity index (χ0) is 15.4. The lowest BCUT2D eigenvalue weighted by atomic mass is 10.0. The Morgan fingerprint density at radius 3 is 2.19 bits per heavy atom. The maximum absolute atomic E-state index is 12.1. The van der Waals surface area contributed by atoms with E-state index in [1.807, 2.05) is 57.2 Å². The van der Waals surface area contributed by atoms with E-state index in [0.717, 1.165) is 11.1 Å². The Kier molecular flexibility index (Phi) is 4.53. The van der Waals surface area contributed by atoms with Crippen LogP contribution in [0.3, 0.4) is 0 Å². The second-order valence-electron chi connectivity index (χ2n) is 5.39. The van der Waals surface area contributed by atoms with Crippen LogP contribution in [0.4, 0.5) is 5.69 Å². The molecule has 0 atom stereocenters. The summed E-state index contributed by atoms with van der Waals surface area (Å²) < 4.78 is 0. The molecule has 0 aliphatic rings. The van der Waals surface area contributed by atoms with Gasteiger partial charge in [-0.2, -0.15) is 0 Å². The van der Waals surface area contributed by atoms with E-state index in [2.05, 4.69) is 5.32 Å². The molecule has 0 radical (unpaired) electrons. The second-order valence-corrected chi connectivity index (χ2v) is 5.39. The van der Waals surface area contributed by atoms with Crippen LogP contribution >= 0.6 is 0 Å². The number of aryl methyl sites for hydroxylation is 1. The van der Waals surface area contributed by atoms with Crippen molar-refractivity contribution < 1.29 is 9.59 Å². The molecule has 0 fully saturated rings. The minimum Gasteiger partial charge on any atom is -0.319 e. The zero-order valence-corrected chi connectivity index (χ0v) is 12.5. The summed E-state index contributed by atoms with van der Waals surface area (Å²) in [5.74, 6) is -0.850. The van der Waals surface area contributed by atoms with E-state index in [9.17, 15) is 9.59 Å². The molecule has 3 heteroatoms. The maximum atomic E-state index is 12.1. The van der Waals surface area contributed by atoms with E-state index in [-0.39, 0.29) is 5.92 Å². The Labute approximate surface area is 125 Å². The van der Waals surface area contributed by atoms with Crippen LogP contribution in [-0.2, 0) is 4.79 Å². The molecule has 1 N–H and O–H groups in total. The van der Waals surface area contributed by atoms with Gasteiger partial charge in [-0.25, -0.2) is 0 Å². The largest absolute Gasteiger partial charge is 0.319 e. The topological polar surface area (TPSA) is 46.2 Å². The summed E-state index contributed by atoms with van der Waals surface area (Å²) in [6.45, 7) is 6.03. The van der Waals surface area contributed by atoms with E-state index < -0.39 is 11.7 Å². The number of para-hydroxylation sites is 1. The molecule has 21 heavy (non-hydrogen) atoms. The van der Waals surface area contributed by atoms with Gasteiger partial charge in [-0.1, -0.05) is 61.9 Å². The van der Waals surface area contributed by atoms with E-state index in [0.29, 0.717) is 11.3 Å². The number of Topliss-reactive ketones (excluding diaryl/α,β-unsaturated/α-hetero) is 1. The predicted octanol–water partition coefficient (Wildman–Crippen LogP) is 3.94. The average Bonchev–Trinajstić information content (AvgIpc) is 2.47. The van der Waals surface area contributed by atoms with Crippen molar-refractivity contribution in [1.29, 1.82) is 0 Å². The lowest BCUT2D eigenvalue weighted by Crippen LogP contribution is -2.23. The first-order valence-electron chi connectivity index (χ1n) is 7.00. The van der Waals surface area contributed by atoms with E-state index in [4.69, 9.17) is 0 Å². The minimum absolute atomic E-state index is 0.274. The Bertz CT molecular complexity index is 657. The highest BCUT2D eigenvalue weighted by molar-refractivity contribution is 6.46. The fourth-order valence-corrected chi connectivity index (χ4v) is 2.13. The van der Waals surface area contributed by atoms with Crippen molar-refractivity contribution in [3.8, 4) is 0 Å². The number of nitrogens with one attached hydrogen (secondary N) is 1. The summed E-state index contributed by atoms with van der Waals surface area (Å²) in [6.07, 6.45) is 0. The Balaban J connectivity index is 2.18. The molecular weight excluding hydrogens is 262 g/mol. The number of amides is 1. The third-order valence-corrected chi connectivity index (χ3v) is 3.35. The molecule has 0 unspecified atom stereocenters. The number of hydrogen-bond acceptors (Lipinski definition) is 2. The molecule has 2 rings (SSSR count). The monoisotopic (exact) mass is 281 g/mol. The van der Waals surface area contributed by atoms with Crippen LogP contribution in [0.1, 0.15) is 41.3 Å². The Hall–Kier alpha value is -2.42. The number of anilines is 1. The van der Waals surface area contributed by atoms with Gasteiger partial charge in [0.05, 0.1) is 0 Å². The number of carbonyl (C=O) groups excluding carboxylic acids is 2. The molecule has 0 heterocycles. The SMILES string of the molecule is Cc1ccc(C(=O)C(=O)Nc2ccccc2C(C)C)cc1. The minimum atomic E-state index is -0.605. The normalized spacial score (nSPS) is 10.5. The predicted molar refractivity (Wildman–Crippen MR) is 84.7 cm³/mol. The van der Waals surface area contributed by atoms with Crippen molar-refractivity contribution in [3.05, 3.63) is 65.2 Å². The van der Waals surface area contributed by atoms with Gasteiger partial charge in [0.15, 0.2) is 0 Å². The Morgan fingerprint density at radius 2 is 1.57 bits per heavy atom. The summed E-state index contributed by atoms with van der Waals surface area (Å²) in [5, 5.41) is 2.72. The van der Waals surface area contributed by atoms with E-state index in [1.165, 1.54) is 0 Å². The highest BCUT2D eigenvalue weighted by Gasteiger charge is 2.17. The van der Waals surface area contributed by atoms with Gasteiger partial charge in [0, 0.05) is 11.3 Å². The number of hydrogen-bond donors (Lipinski definition) is 1. The van der Waals surface area contributed by atoms with Crippen LogP contribution in [0.25, 0.3) is 0 Å². The Morgan fingerprint density at radius 1 is 0.952 bits per heavy atom. The van der Waals surface area contributed by atoms with E-state index >= 15 is 0 Å². The lowest BCUT2D eigenvalue weighted by molar-refractivity contribution is -0.112. The van der Waals surface area contributed by atoms with Gasteiger partial charge in [0.2, 0.25) is 0 Å². The van der Waals surface area contributed by atoms with Crippen molar-refractivity contribution >= 4 is 17.4 Å². The summed E-state index contributed by atoms with van der Waals surface area (Å²) in [6, 6.07) is 14.5. The van der Waals surface area contributed by atoms with Crippen LogP contribution < -0.4 is 5.32 Å². The van der Waals surface area contributed by atoms with Crippen LogP contribution in [-0.4, -0.2) is 11.7 Å². The van der Waals surface area contributed by atoms with Gasteiger partial charge >= 0.3 is 0 Å². The zero-order valence-electron chi connectivity index (χ0n) is 12.5. The number of carbonyl (C=O) groups is 2. The van der Waals surface area contributed by atoms with E-state index in [1.54, 1.807) is 12.1 Å². The van der Waals surface area contributed by atoms with Crippen LogP contribution in [0.5, 0.6) is 0 Å². The van der Waals surface area contributed by atoms with Crippen molar-refractivity contribution in [2.45, 2.75) is 26.7 Å². The van der Waals surface area contributed by atoms with Gasteiger partial charge in [-0.3, -0.25) is 9.59 Å². The van der Waals surface area contributed by atoms with Crippen LogP contribution in [0.2, 0.25) is 0 Å².